The lowest BCUT2D eigenvalue weighted by Gasteiger charge is -2.13. The first-order valence-electron chi connectivity index (χ1n) is 6.91. The van der Waals surface area contributed by atoms with Gasteiger partial charge in [-0.05, 0) is 48.8 Å². The van der Waals surface area contributed by atoms with Gasteiger partial charge in [-0.2, -0.15) is 0 Å². The zero-order valence-corrected chi connectivity index (χ0v) is 13.2. The average molecular weight is 315 g/mol. The molecule has 0 aliphatic carbocycles. The van der Waals surface area contributed by atoms with Crippen molar-refractivity contribution >= 4 is 34.4 Å². The van der Waals surface area contributed by atoms with E-state index in [1.807, 2.05) is 31.2 Å². The molecular weight excluding hydrogens is 298 g/mol. The maximum atomic E-state index is 10.8. The van der Waals surface area contributed by atoms with E-state index >= 15 is 0 Å². The van der Waals surface area contributed by atoms with E-state index in [-0.39, 0.29) is 5.69 Å². The van der Waals surface area contributed by atoms with Crippen LogP contribution in [0, 0.1) is 17.0 Å². The molecule has 0 unspecified atom stereocenters. The van der Waals surface area contributed by atoms with Crippen LogP contribution in [0.15, 0.2) is 42.5 Å². The van der Waals surface area contributed by atoms with Gasteiger partial charge in [0.25, 0.3) is 5.69 Å². The molecule has 0 amide bonds. The molecule has 0 saturated carbocycles. The molecule has 0 heterocycles. The van der Waals surface area contributed by atoms with Crippen LogP contribution in [0.3, 0.4) is 0 Å². The van der Waals surface area contributed by atoms with Gasteiger partial charge in [0.15, 0.2) is 5.11 Å². The summed E-state index contributed by atoms with van der Waals surface area (Å²) < 4.78 is 0. The van der Waals surface area contributed by atoms with Crippen molar-refractivity contribution < 1.29 is 4.92 Å². The molecule has 22 heavy (non-hydrogen) atoms. The predicted molar refractivity (Wildman–Crippen MR) is 93.5 cm³/mol. The van der Waals surface area contributed by atoms with Gasteiger partial charge >= 0.3 is 0 Å². The van der Waals surface area contributed by atoms with Gasteiger partial charge in [0.2, 0.25) is 0 Å². The summed E-state index contributed by atoms with van der Waals surface area (Å²) in [4.78, 5) is 10.4. The second-order valence-electron chi connectivity index (χ2n) is 4.89. The predicted octanol–water partition coefficient (Wildman–Crippen LogP) is 4.27. The first-order chi connectivity index (χ1) is 10.5. The first-order valence-corrected chi connectivity index (χ1v) is 7.32. The van der Waals surface area contributed by atoms with E-state index < -0.39 is 4.92 Å². The van der Waals surface area contributed by atoms with Crippen molar-refractivity contribution in [1.29, 1.82) is 0 Å². The molecule has 2 N–H and O–H groups in total. The summed E-state index contributed by atoms with van der Waals surface area (Å²) in [6.07, 6.45) is 0.944. The molecule has 0 saturated heterocycles. The molecular formula is C16H17N3O2S. The molecule has 114 valence electrons. The Labute approximate surface area is 134 Å². The van der Waals surface area contributed by atoms with Crippen LogP contribution in [0.25, 0.3) is 0 Å². The van der Waals surface area contributed by atoms with Gasteiger partial charge in [0.1, 0.15) is 0 Å². The fourth-order valence-corrected chi connectivity index (χ4v) is 2.24. The minimum Gasteiger partial charge on any atom is -0.332 e. The number of nitrogens with zero attached hydrogens (tertiary/aromatic N) is 1. The minimum absolute atomic E-state index is 0.0314. The number of thiocarbonyl (C=S) groups is 1. The van der Waals surface area contributed by atoms with E-state index in [2.05, 4.69) is 17.6 Å². The van der Waals surface area contributed by atoms with E-state index in [0.29, 0.717) is 10.8 Å². The van der Waals surface area contributed by atoms with Crippen molar-refractivity contribution in [2.45, 2.75) is 20.3 Å². The third-order valence-electron chi connectivity index (χ3n) is 3.27. The Morgan fingerprint density at radius 1 is 1.23 bits per heavy atom. The molecule has 0 atom stereocenters. The third kappa shape index (κ3) is 4.02. The quantitative estimate of drug-likeness (QED) is 0.501. The SMILES string of the molecule is CCc1cccc(NC(=S)Nc2cc([N+](=O)[O-])ccc2C)c1. The molecule has 0 aliphatic heterocycles. The maximum Gasteiger partial charge on any atom is 0.271 e. The molecule has 0 radical (unpaired) electrons. The summed E-state index contributed by atoms with van der Waals surface area (Å²) in [5.41, 5.74) is 3.64. The van der Waals surface area contributed by atoms with E-state index in [4.69, 9.17) is 12.2 Å². The summed E-state index contributed by atoms with van der Waals surface area (Å²) >= 11 is 5.27. The Hall–Kier alpha value is -2.47. The highest BCUT2D eigenvalue weighted by Gasteiger charge is 2.09. The maximum absolute atomic E-state index is 10.8. The number of hydrogen-bond donors (Lipinski definition) is 2. The minimum atomic E-state index is -0.425. The molecule has 5 nitrogen and oxygen atoms in total. The second-order valence-corrected chi connectivity index (χ2v) is 5.30. The molecule has 0 bridgehead atoms. The van der Waals surface area contributed by atoms with Gasteiger partial charge in [-0.3, -0.25) is 10.1 Å². The summed E-state index contributed by atoms with van der Waals surface area (Å²) in [6, 6.07) is 12.6. The van der Waals surface area contributed by atoms with Crippen molar-refractivity contribution in [3.63, 3.8) is 0 Å². The fourth-order valence-electron chi connectivity index (χ4n) is 2.01. The molecule has 2 aromatic rings. The lowest BCUT2D eigenvalue weighted by atomic mass is 10.1. The average Bonchev–Trinajstić information content (AvgIpc) is 2.49. The summed E-state index contributed by atoms with van der Waals surface area (Å²) in [5.74, 6) is 0. The number of rotatable bonds is 4. The zero-order chi connectivity index (χ0) is 16.1. The summed E-state index contributed by atoms with van der Waals surface area (Å²) in [6.45, 7) is 3.95. The molecule has 2 rings (SSSR count). The van der Waals surface area contributed by atoms with E-state index in [0.717, 1.165) is 17.7 Å². The molecule has 2 aromatic carbocycles. The first kappa shape index (κ1) is 15.9. The van der Waals surface area contributed by atoms with Gasteiger partial charge in [-0.1, -0.05) is 25.1 Å². The highest BCUT2D eigenvalue weighted by atomic mass is 32.1. The van der Waals surface area contributed by atoms with Crippen LogP contribution < -0.4 is 10.6 Å². The van der Waals surface area contributed by atoms with Crippen LogP contribution in [-0.4, -0.2) is 10.0 Å². The van der Waals surface area contributed by atoms with Crippen LogP contribution in [-0.2, 0) is 6.42 Å². The smallest absolute Gasteiger partial charge is 0.271 e. The van der Waals surface area contributed by atoms with Crippen LogP contribution in [0.4, 0.5) is 17.1 Å². The van der Waals surface area contributed by atoms with Crippen LogP contribution in [0.1, 0.15) is 18.1 Å². The van der Waals surface area contributed by atoms with E-state index in [1.165, 1.54) is 17.7 Å². The number of benzene rings is 2. The van der Waals surface area contributed by atoms with Gasteiger partial charge in [-0.15, -0.1) is 0 Å². The largest absolute Gasteiger partial charge is 0.332 e. The molecule has 0 aromatic heterocycles. The molecule has 6 heteroatoms. The third-order valence-corrected chi connectivity index (χ3v) is 3.48. The van der Waals surface area contributed by atoms with Gasteiger partial charge in [0, 0.05) is 23.5 Å². The zero-order valence-electron chi connectivity index (χ0n) is 12.4. The monoisotopic (exact) mass is 315 g/mol. The van der Waals surface area contributed by atoms with Crippen LogP contribution in [0.2, 0.25) is 0 Å². The number of nitrogens with one attached hydrogen (secondary N) is 2. The molecule has 0 fully saturated rings. The molecule has 0 aliphatic rings. The Balaban J connectivity index is 2.11. The Morgan fingerprint density at radius 3 is 2.68 bits per heavy atom. The van der Waals surface area contributed by atoms with E-state index in [9.17, 15) is 10.1 Å². The Bertz CT molecular complexity index is 716. The van der Waals surface area contributed by atoms with Crippen molar-refractivity contribution in [3.8, 4) is 0 Å². The van der Waals surface area contributed by atoms with Gasteiger partial charge < -0.3 is 10.6 Å². The number of nitro benzene ring substituents is 1. The Kier molecular flexibility index (Phi) is 5.06. The lowest BCUT2D eigenvalue weighted by molar-refractivity contribution is -0.384. The number of anilines is 2. The van der Waals surface area contributed by atoms with Crippen molar-refractivity contribution in [2.24, 2.45) is 0 Å². The van der Waals surface area contributed by atoms with Crippen LogP contribution >= 0.6 is 12.2 Å². The summed E-state index contributed by atoms with van der Waals surface area (Å²) in [5, 5.41) is 17.3. The van der Waals surface area contributed by atoms with Crippen LogP contribution in [0.5, 0.6) is 0 Å². The van der Waals surface area contributed by atoms with E-state index in [1.54, 1.807) is 6.07 Å². The lowest BCUT2D eigenvalue weighted by Crippen LogP contribution is -2.19. The second kappa shape index (κ2) is 7.00. The van der Waals surface area contributed by atoms with Crippen molar-refractivity contribution in [3.05, 3.63) is 63.7 Å². The standard InChI is InChI=1S/C16H17N3O2S/c1-3-12-5-4-6-13(9-12)17-16(22)18-15-10-14(19(20)21)8-7-11(15)2/h4-10H,3H2,1-2H3,(H2,17,18,22). The molecule has 0 spiro atoms. The van der Waals surface area contributed by atoms with Crippen molar-refractivity contribution in [1.82, 2.24) is 0 Å². The normalized spacial score (nSPS) is 10.1. The number of nitro groups is 1. The van der Waals surface area contributed by atoms with Gasteiger partial charge in [-0.25, -0.2) is 0 Å². The van der Waals surface area contributed by atoms with Gasteiger partial charge in [0.05, 0.1) is 4.92 Å². The fraction of sp³-hybridized carbons (Fsp3) is 0.188. The summed E-state index contributed by atoms with van der Waals surface area (Å²) in [7, 11) is 0. The number of non-ortho nitro benzene ring substituents is 1. The Morgan fingerprint density at radius 2 is 2.00 bits per heavy atom. The highest BCUT2D eigenvalue weighted by molar-refractivity contribution is 7.80. The topological polar surface area (TPSA) is 67.2 Å². The number of hydrogen-bond acceptors (Lipinski definition) is 3. The van der Waals surface area contributed by atoms with Crippen molar-refractivity contribution in [2.75, 3.05) is 10.6 Å². The number of aryl methyl sites for hydroxylation is 2. The highest BCUT2D eigenvalue weighted by Crippen LogP contribution is 2.22.